The zero-order valence-electron chi connectivity index (χ0n) is 36.4. The van der Waals surface area contributed by atoms with Gasteiger partial charge in [0.2, 0.25) is 35.4 Å². The first kappa shape index (κ1) is 58.5. The molecule has 0 bridgehead atoms. The largest absolute Gasteiger partial charge is 0.481 e. The SMILES string of the molecule is NCCCC[C@H](NC(=O)[C@H](CCCCN)NC(=O)[C@H](CCC(=O)O)NC(=O)[C@H](CCCCN)NC(=O)[C@H](CCC(=O)O)NC(=O)[C@@H](N)CCCCN)C(=O)N[C@@H](CCC(=O)O)C(=O)O. The summed E-state index contributed by atoms with van der Waals surface area (Å²) in [6.07, 6.45) is 0.132. The molecule has 0 aliphatic rings. The summed E-state index contributed by atoms with van der Waals surface area (Å²) in [5.74, 6) is -10.9. The number of aliphatic carboxylic acids is 4. The Labute approximate surface area is 371 Å². The van der Waals surface area contributed by atoms with Gasteiger partial charge in [0.15, 0.2) is 0 Å². The molecule has 20 N–H and O–H groups in total. The predicted octanol–water partition coefficient (Wildman–Crippen LogP) is -3.58. The van der Waals surface area contributed by atoms with Crippen LogP contribution in [0.5, 0.6) is 0 Å². The average Bonchev–Trinajstić information content (AvgIpc) is 3.23. The molecule has 25 heteroatoms. The van der Waals surface area contributed by atoms with Crippen LogP contribution in [0.3, 0.4) is 0 Å². The third-order valence-corrected chi connectivity index (χ3v) is 9.87. The summed E-state index contributed by atoms with van der Waals surface area (Å²) < 4.78 is 0. The van der Waals surface area contributed by atoms with Gasteiger partial charge in [-0.25, -0.2) is 4.79 Å². The van der Waals surface area contributed by atoms with Crippen molar-refractivity contribution in [2.24, 2.45) is 28.7 Å². The van der Waals surface area contributed by atoms with Crippen LogP contribution in [0.25, 0.3) is 0 Å². The van der Waals surface area contributed by atoms with E-state index in [2.05, 4.69) is 31.9 Å². The second kappa shape index (κ2) is 34.0. The second-order valence-corrected chi connectivity index (χ2v) is 15.2. The van der Waals surface area contributed by atoms with E-state index in [1.54, 1.807) is 0 Å². The van der Waals surface area contributed by atoms with Crippen LogP contribution >= 0.6 is 0 Å². The molecule has 366 valence electrons. The van der Waals surface area contributed by atoms with Gasteiger partial charge in [0.05, 0.1) is 6.04 Å². The summed E-state index contributed by atoms with van der Waals surface area (Å²) in [6, 6.07) is -9.91. The summed E-state index contributed by atoms with van der Waals surface area (Å²) in [7, 11) is 0. The molecule has 0 saturated carbocycles. The third kappa shape index (κ3) is 26.2. The van der Waals surface area contributed by atoms with E-state index < -0.39 is 134 Å². The lowest BCUT2D eigenvalue weighted by Crippen LogP contribution is -2.59. The summed E-state index contributed by atoms with van der Waals surface area (Å²) in [5, 5.41) is 52.0. The molecular formula is C39H71N11O14. The second-order valence-electron chi connectivity index (χ2n) is 15.2. The lowest BCUT2D eigenvalue weighted by molar-refractivity contribution is -0.144. The van der Waals surface area contributed by atoms with E-state index in [9.17, 15) is 63.3 Å². The van der Waals surface area contributed by atoms with Crippen LogP contribution in [0.4, 0.5) is 0 Å². The van der Waals surface area contributed by atoms with E-state index >= 15 is 0 Å². The lowest BCUT2D eigenvalue weighted by Gasteiger charge is -2.27. The Balaban J connectivity index is 6.58. The number of nitrogens with two attached hydrogens (primary N) is 5. The van der Waals surface area contributed by atoms with Gasteiger partial charge in [0.1, 0.15) is 36.3 Å². The van der Waals surface area contributed by atoms with Gasteiger partial charge in [-0.15, -0.1) is 0 Å². The first-order chi connectivity index (χ1) is 30.3. The van der Waals surface area contributed by atoms with Crippen LogP contribution in [0.1, 0.15) is 116 Å². The van der Waals surface area contributed by atoms with Crippen molar-refractivity contribution >= 4 is 59.3 Å². The number of carbonyl (C=O) groups is 10. The number of rotatable bonds is 38. The van der Waals surface area contributed by atoms with Crippen molar-refractivity contribution in [2.75, 3.05) is 26.2 Å². The molecule has 0 saturated heterocycles. The minimum absolute atomic E-state index is 0.0273. The van der Waals surface area contributed by atoms with Crippen LogP contribution in [0, 0.1) is 0 Å². The third-order valence-electron chi connectivity index (χ3n) is 9.87. The maximum atomic E-state index is 13.9. The zero-order valence-corrected chi connectivity index (χ0v) is 36.4. The van der Waals surface area contributed by atoms with Gasteiger partial charge in [-0.2, -0.15) is 0 Å². The molecule has 64 heavy (non-hydrogen) atoms. The lowest BCUT2D eigenvalue weighted by atomic mass is 10.0. The van der Waals surface area contributed by atoms with E-state index in [4.69, 9.17) is 33.8 Å². The maximum absolute atomic E-state index is 13.9. The summed E-state index contributed by atoms with van der Waals surface area (Å²) >= 11 is 0. The van der Waals surface area contributed by atoms with Crippen molar-refractivity contribution in [1.29, 1.82) is 0 Å². The molecule has 0 aromatic carbocycles. The highest BCUT2D eigenvalue weighted by molar-refractivity contribution is 5.97. The molecule has 0 aromatic rings. The Morgan fingerprint density at radius 2 is 0.562 bits per heavy atom. The monoisotopic (exact) mass is 918 g/mol. The Hall–Kier alpha value is -5.50. The first-order valence-corrected chi connectivity index (χ1v) is 21.6. The van der Waals surface area contributed by atoms with Gasteiger partial charge < -0.3 is 81.0 Å². The van der Waals surface area contributed by atoms with Crippen molar-refractivity contribution in [3.63, 3.8) is 0 Å². The zero-order chi connectivity index (χ0) is 48.6. The highest BCUT2D eigenvalue weighted by Crippen LogP contribution is 2.11. The molecule has 0 aliphatic carbocycles. The van der Waals surface area contributed by atoms with Crippen LogP contribution in [-0.2, 0) is 47.9 Å². The van der Waals surface area contributed by atoms with Crippen molar-refractivity contribution in [1.82, 2.24) is 31.9 Å². The van der Waals surface area contributed by atoms with Gasteiger partial charge in [0, 0.05) is 19.3 Å². The topological polar surface area (TPSA) is 454 Å². The van der Waals surface area contributed by atoms with Crippen LogP contribution in [0.15, 0.2) is 0 Å². The van der Waals surface area contributed by atoms with Crippen molar-refractivity contribution in [3.8, 4) is 0 Å². The van der Waals surface area contributed by atoms with Crippen LogP contribution in [0.2, 0.25) is 0 Å². The van der Waals surface area contributed by atoms with Gasteiger partial charge >= 0.3 is 23.9 Å². The summed E-state index contributed by atoms with van der Waals surface area (Å²) in [5.41, 5.74) is 28.4. The molecule has 0 aromatic heterocycles. The molecule has 0 heterocycles. The number of unbranched alkanes of at least 4 members (excludes halogenated alkanes) is 4. The molecule has 0 fully saturated rings. The van der Waals surface area contributed by atoms with Gasteiger partial charge in [0.25, 0.3) is 0 Å². The number of hydrogen-bond acceptors (Lipinski definition) is 15. The first-order valence-electron chi connectivity index (χ1n) is 21.6. The highest BCUT2D eigenvalue weighted by atomic mass is 16.4. The Kier molecular flexibility index (Phi) is 31.1. The van der Waals surface area contributed by atoms with Gasteiger partial charge in [-0.05, 0) is 116 Å². The fourth-order valence-corrected chi connectivity index (χ4v) is 6.16. The number of carboxylic acid groups (broad SMARTS) is 4. The average molecular weight is 918 g/mol. The minimum atomic E-state index is -1.62. The maximum Gasteiger partial charge on any atom is 0.326 e. The number of carboxylic acids is 4. The Morgan fingerprint density at radius 3 is 0.828 bits per heavy atom. The molecular weight excluding hydrogens is 846 g/mol. The molecule has 0 aliphatic heterocycles. The fraction of sp³-hybridized carbons (Fsp3) is 0.744. The number of carbonyl (C=O) groups excluding carboxylic acids is 6. The van der Waals surface area contributed by atoms with E-state index in [-0.39, 0.29) is 64.6 Å². The highest BCUT2D eigenvalue weighted by Gasteiger charge is 2.34. The molecule has 0 rings (SSSR count). The molecule has 25 nitrogen and oxygen atoms in total. The van der Waals surface area contributed by atoms with Gasteiger partial charge in [-0.1, -0.05) is 6.42 Å². The predicted molar refractivity (Wildman–Crippen MR) is 229 cm³/mol. The van der Waals surface area contributed by atoms with Crippen molar-refractivity contribution in [2.45, 2.75) is 158 Å². The quantitative estimate of drug-likeness (QED) is 0.0266. The Bertz CT molecular complexity index is 1520. The standard InChI is InChI=1S/C39H71N11O14/c40-19-5-1-9-23(44)33(57)45-27(13-16-30(51)52)37(61)47-25(11-3-7-21-42)35(59)49-28(14-17-31(53)54)38(62)48-24(10-2-6-20-41)34(58)46-26(12-4-8-22-43)36(60)50-29(39(63)64)15-18-32(55)56/h23-29H,1-22,40-44H2,(H,45,57)(H,46,58)(H,47,61)(H,48,62)(H,49,59)(H,50,60)(H,51,52)(H,53,54)(H,55,56)(H,63,64)/t23-,24-,25-,26-,27-,28-,29-/m0/s1. The van der Waals surface area contributed by atoms with Crippen LogP contribution < -0.4 is 60.6 Å². The van der Waals surface area contributed by atoms with Gasteiger partial charge in [-0.3, -0.25) is 43.2 Å². The van der Waals surface area contributed by atoms with E-state index in [1.165, 1.54) is 0 Å². The van der Waals surface area contributed by atoms with Crippen molar-refractivity contribution < 1.29 is 68.4 Å². The molecule has 0 unspecified atom stereocenters. The molecule has 0 spiro atoms. The minimum Gasteiger partial charge on any atom is -0.481 e. The smallest absolute Gasteiger partial charge is 0.326 e. The van der Waals surface area contributed by atoms with E-state index in [0.29, 0.717) is 45.1 Å². The number of amides is 6. The fourth-order valence-electron chi connectivity index (χ4n) is 6.16. The summed E-state index contributed by atoms with van der Waals surface area (Å²) in [6.45, 7) is 1.00. The molecule has 7 atom stereocenters. The van der Waals surface area contributed by atoms with Crippen molar-refractivity contribution in [3.05, 3.63) is 0 Å². The number of hydrogen-bond donors (Lipinski definition) is 15. The normalized spacial score (nSPS) is 14.3. The van der Waals surface area contributed by atoms with Crippen LogP contribution in [-0.4, -0.2) is 148 Å². The Morgan fingerprint density at radius 1 is 0.328 bits per heavy atom. The van der Waals surface area contributed by atoms with E-state index in [1.807, 2.05) is 0 Å². The number of nitrogens with one attached hydrogen (secondary N) is 6. The summed E-state index contributed by atoms with van der Waals surface area (Å²) in [4.78, 5) is 127. The molecule has 6 amide bonds. The molecule has 0 radical (unpaired) electrons. The van der Waals surface area contributed by atoms with E-state index in [0.717, 1.165) is 0 Å².